The molecule has 2 aliphatic heterocycles. The Morgan fingerprint density at radius 1 is 1.21 bits per heavy atom. The summed E-state index contributed by atoms with van der Waals surface area (Å²) in [5.41, 5.74) is 8.19. The van der Waals surface area contributed by atoms with Crippen LogP contribution in [0.5, 0.6) is 0 Å². The number of rotatable bonds is 3. The Morgan fingerprint density at radius 2 is 2.00 bits per heavy atom. The van der Waals surface area contributed by atoms with E-state index in [0.717, 1.165) is 6.04 Å². The van der Waals surface area contributed by atoms with Crippen LogP contribution < -0.4 is 10.6 Å². The molecule has 2 N–H and O–H groups in total. The number of benzene rings is 1. The van der Waals surface area contributed by atoms with Crippen LogP contribution in [-0.2, 0) is 6.54 Å². The van der Waals surface area contributed by atoms with E-state index in [4.69, 9.17) is 5.73 Å². The molecule has 2 heterocycles. The molecule has 1 atom stereocenters. The van der Waals surface area contributed by atoms with Gasteiger partial charge in [0.25, 0.3) is 0 Å². The van der Waals surface area contributed by atoms with Gasteiger partial charge in [0.15, 0.2) is 0 Å². The van der Waals surface area contributed by atoms with Crippen LogP contribution >= 0.6 is 15.9 Å². The van der Waals surface area contributed by atoms with Crippen LogP contribution in [0.3, 0.4) is 0 Å². The van der Waals surface area contributed by atoms with Gasteiger partial charge in [-0.3, -0.25) is 4.90 Å². The standard InChI is InChI=1S/C15H22BrN3/c16-14-9-12(10-17)3-4-15(14)19-8-5-13(11-19)18-6-1-2-7-18/h3-4,9,13H,1-2,5-8,10-11,17H2. The summed E-state index contributed by atoms with van der Waals surface area (Å²) in [4.78, 5) is 5.18. The van der Waals surface area contributed by atoms with Gasteiger partial charge in [-0.05, 0) is 66.0 Å². The summed E-state index contributed by atoms with van der Waals surface area (Å²) in [6.07, 6.45) is 4.06. The molecule has 4 heteroatoms. The second-order valence-electron chi connectivity index (χ2n) is 5.62. The predicted octanol–water partition coefficient (Wildman–Crippen LogP) is 2.58. The van der Waals surface area contributed by atoms with Crippen molar-refractivity contribution in [2.45, 2.75) is 31.8 Å². The summed E-state index contributed by atoms with van der Waals surface area (Å²) in [5.74, 6) is 0. The van der Waals surface area contributed by atoms with Gasteiger partial charge in [-0.2, -0.15) is 0 Å². The third kappa shape index (κ3) is 2.81. The second-order valence-corrected chi connectivity index (χ2v) is 6.48. The van der Waals surface area contributed by atoms with Gasteiger partial charge in [-0.1, -0.05) is 6.07 Å². The van der Waals surface area contributed by atoms with Crippen LogP contribution in [0.15, 0.2) is 22.7 Å². The minimum Gasteiger partial charge on any atom is -0.369 e. The number of nitrogens with two attached hydrogens (primary N) is 1. The molecule has 1 unspecified atom stereocenters. The van der Waals surface area contributed by atoms with Crippen molar-refractivity contribution in [1.82, 2.24) is 4.90 Å². The highest BCUT2D eigenvalue weighted by Crippen LogP contribution is 2.31. The smallest absolute Gasteiger partial charge is 0.0511 e. The number of likely N-dealkylation sites (tertiary alicyclic amines) is 1. The fourth-order valence-corrected chi connectivity index (χ4v) is 3.98. The minimum atomic E-state index is 0.606. The molecule has 0 aliphatic carbocycles. The van der Waals surface area contributed by atoms with Gasteiger partial charge in [0.05, 0.1) is 5.69 Å². The molecule has 2 saturated heterocycles. The lowest BCUT2D eigenvalue weighted by Gasteiger charge is -2.25. The normalized spacial score (nSPS) is 24.3. The van der Waals surface area contributed by atoms with Crippen LogP contribution in [0.2, 0.25) is 0 Å². The van der Waals surface area contributed by atoms with Gasteiger partial charge in [0.1, 0.15) is 0 Å². The van der Waals surface area contributed by atoms with Crippen molar-refractivity contribution in [1.29, 1.82) is 0 Å². The van der Waals surface area contributed by atoms with E-state index in [-0.39, 0.29) is 0 Å². The summed E-state index contributed by atoms with van der Waals surface area (Å²) >= 11 is 3.69. The molecule has 3 nitrogen and oxygen atoms in total. The van der Waals surface area contributed by atoms with Crippen molar-refractivity contribution < 1.29 is 0 Å². The third-order valence-electron chi connectivity index (χ3n) is 4.41. The molecular weight excluding hydrogens is 302 g/mol. The molecule has 3 rings (SSSR count). The topological polar surface area (TPSA) is 32.5 Å². The third-order valence-corrected chi connectivity index (χ3v) is 5.04. The second kappa shape index (κ2) is 5.81. The van der Waals surface area contributed by atoms with Gasteiger partial charge in [-0.25, -0.2) is 0 Å². The van der Waals surface area contributed by atoms with E-state index in [0.29, 0.717) is 6.54 Å². The van der Waals surface area contributed by atoms with Crippen LogP contribution in [-0.4, -0.2) is 37.1 Å². The Hall–Kier alpha value is -0.580. The molecule has 2 aliphatic rings. The molecule has 2 fully saturated rings. The van der Waals surface area contributed by atoms with Crippen LogP contribution in [0.4, 0.5) is 5.69 Å². The Balaban J connectivity index is 1.70. The molecular formula is C15H22BrN3. The zero-order valence-electron chi connectivity index (χ0n) is 11.3. The largest absolute Gasteiger partial charge is 0.369 e. The molecule has 104 valence electrons. The van der Waals surface area contributed by atoms with E-state index >= 15 is 0 Å². The summed E-state index contributed by atoms with van der Waals surface area (Å²) in [6, 6.07) is 7.25. The molecule has 1 aromatic carbocycles. The number of anilines is 1. The predicted molar refractivity (Wildman–Crippen MR) is 83.5 cm³/mol. The van der Waals surface area contributed by atoms with Crippen molar-refractivity contribution in [3.05, 3.63) is 28.2 Å². The van der Waals surface area contributed by atoms with E-state index < -0.39 is 0 Å². The Morgan fingerprint density at radius 3 is 2.68 bits per heavy atom. The molecule has 19 heavy (non-hydrogen) atoms. The van der Waals surface area contributed by atoms with E-state index in [1.54, 1.807) is 0 Å². The number of halogens is 1. The fourth-order valence-electron chi connectivity index (χ4n) is 3.30. The van der Waals surface area contributed by atoms with Crippen molar-refractivity contribution in [2.24, 2.45) is 5.73 Å². The van der Waals surface area contributed by atoms with Crippen molar-refractivity contribution in [3.63, 3.8) is 0 Å². The van der Waals surface area contributed by atoms with E-state index in [1.165, 1.54) is 61.2 Å². The summed E-state index contributed by atoms with van der Waals surface area (Å²) in [5, 5.41) is 0. The highest BCUT2D eigenvalue weighted by Gasteiger charge is 2.29. The van der Waals surface area contributed by atoms with Gasteiger partial charge in [0, 0.05) is 30.1 Å². The van der Waals surface area contributed by atoms with Crippen LogP contribution in [0.1, 0.15) is 24.8 Å². The van der Waals surface area contributed by atoms with E-state index in [2.05, 4.69) is 43.9 Å². The first-order chi connectivity index (χ1) is 9.28. The quantitative estimate of drug-likeness (QED) is 0.928. The fraction of sp³-hybridized carbons (Fsp3) is 0.600. The zero-order valence-corrected chi connectivity index (χ0v) is 12.9. The Bertz CT molecular complexity index is 443. The molecule has 0 radical (unpaired) electrons. The summed E-state index contributed by atoms with van der Waals surface area (Å²) < 4.78 is 1.18. The lowest BCUT2D eigenvalue weighted by atomic mass is 10.2. The summed E-state index contributed by atoms with van der Waals surface area (Å²) in [7, 11) is 0. The van der Waals surface area contributed by atoms with E-state index in [9.17, 15) is 0 Å². The van der Waals surface area contributed by atoms with Crippen molar-refractivity contribution in [2.75, 3.05) is 31.1 Å². The van der Waals surface area contributed by atoms with Gasteiger partial charge in [0.2, 0.25) is 0 Å². The maximum Gasteiger partial charge on any atom is 0.0511 e. The number of hydrogen-bond donors (Lipinski definition) is 1. The maximum absolute atomic E-state index is 5.69. The molecule has 1 aromatic rings. The average molecular weight is 324 g/mol. The Kier molecular flexibility index (Phi) is 4.10. The highest BCUT2D eigenvalue weighted by atomic mass is 79.9. The lowest BCUT2D eigenvalue weighted by Crippen LogP contribution is -2.35. The zero-order chi connectivity index (χ0) is 13.2. The molecule has 0 saturated carbocycles. The van der Waals surface area contributed by atoms with Gasteiger partial charge in [-0.15, -0.1) is 0 Å². The molecule has 0 spiro atoms. The average Bonchev–Trinajstić information content (AvgIpc) is 3.09. The Labute approximate surface area is 123 Å². The van der Waals surface area contributed by atoms with Crippen LogP contribution in [0, 0.1) is 0 Å². The van der Waals surface area contributed by atoms with Crippen LogP contribution in [0.25, 0.3) is 0 Å². The SMILES string of the molecule is NCc1ccc(N2CCC(N3CCCC3)C2)c(Br)c1. The van der Waals surface area contributed by atoms with Gasteiger partial charge >= 0.3 is 0 Å². The minimum absolute atomic E-state index is 0.606. The maximum atomic E-state index is 5.69. The molecule has 0 amide bonds. The van der Waals surface area contributed by atoms with Gasteiger partial charge < -0.3 is 10.6 Å². The first-order valence-electron chi connectivity index (χ1n) is 7.25. The summed E-state index contributed by atoms with van der Waals surface area (Å²) in [6.45, 7) is 5.54. The first-order valence-corrected chi connectivity index (χ1v) is 8.05. The molecule has 0 bridgehead atoms. The lowest BCUT2D eigenvalue weighted by molar-refractivity contribution is 0.260. The highest BCUT2D eigenvalue weighted by molar-refractivity contribution is 9.10. The number of nitrogens with zero attached hydrogens (tertiary/aromatic N) is 2. The monoisotopic (exact) mass is 323 g/mol. The van der Waals surface area contributed by atoms with Crippen molar-refractivity contribution in [3.8, 4) is 0 Å². The van der Waals surface area contributed by atoms with Crippen molar-refractivity contribution >= 4 is 21.6 Å². The molecule has 0 aromatic heterocycles. The number of hydrogen-bond acceptors (Lipinski definition) is 3. The van der Waals surface area contributed by atoms with E-state index in [1.807, 2.05) is 0 Å². The first kappa shape index (κ1) is 13.4.